The summed E-state index contributed by atoms with van der Waals surface area (Å²) in [6.45, 7) is 11.3. The molecule has 0 saturated heterocycles. The second kappa shape index (κ2) is 5.69. The van der Waals surface area contributed by atoms with Crippen LogP contribution in [0.2, 0.25) is 0 Å². The number of pyridine rings is 1. The third-order valence-electron chi connectivity index (χ3n) is 7.00. The van der Waals surface area contributed by atoms with Gasteiger partial charge in [0.2, 0.25) is 0 Å². The Kier molecular flexibility index (Phi) is 3.35. The highest BCUT2D eigenvalue weighted by molar-refractivity contribution is 6.27. The van der Waals surface area contributed by atoms with Crippen molar-refractivity contribution in [3.05, 3.63) is 65.0 Å². The lowest BCUT2D eigenvalue weighted by Gasteiger charge is -2.17. The Labute approximate surface area is 175 Å². The van der Waals surface area contributed by atoms with Gasteiger partial charge in [0.25, 0.3) is 6.33 Å². The summed E-state index contributed by atoms with van der Waals surface area (Å²) in [5.74, 6) is 0.426. The Morgan fingerprint density at radius 2 is 1.67 bits per heavy atom. The highest BCUT2D eigenvalue weighted by atomic mass is 15.0. The van der Waals surface area contributed by atoms with E-state index in [0.29, 0.717) is 5.92 Å². The van der Waals surface area contributed by atoms with Gasteiger partial charge in [-0.05, 0) is 66.1 Å². The summed E-state index contributed by atoms with van der Waals surface area (Å²) in [5, 5.41) is 5.33. The topological polar surface area (TPSA) is 21.2 Å². The number of hydrogen-bond acceptors (Lipinski definition) is 1. The van der Waals surface area contributed by atoms with Gasteiger partial charge in [0.1, 0.15) is 5.52 Å². The molecule has 0 bridgehead atoms. The van der Waals surface area contributed by atoms with E-state index in [1.807, 2.05) is 6.33 Å². The average molecular weight is 393 g/mol. The van der Waals surface area contributed by atoms with Crippen molar-refractivity contribution in [3.8, 4) is 0 Å². The zero-order chi connectivity index (χ0) is 20.9. The SMILES string of the molecule is Cc1cc(C)c2c(c1C)c1c3c(cc(C(C)C)c4c5ccccc5n2c43)nc[n+]1C. The van der Waals surface area contributed by atoms with Crippen molar-refractivity contribution in [2.45, 2.75) is 40.5 Å². The molecule has 30 heavy (non-hydrogen) atoms. The van der Waals surface area contributed by atoms with Crippen molar-refractivity contribution in [1.82, 2.24) is 9.38 Å². The number of benzene rings is 3. The maximum Gasteiger partial charge on any atom is 0.287 e. The first-order chi connectivity index (χ1) is 14.4. The van der Waals surface area contributed by atoms with Crippen LogP contribution in [0, 0.1) is 20.8 Å². The lowest BCUT2D eigenvalue weighted by molar-refractivity contribution is -0.646. The molecule has 0 aliphatic rings. The fraction of sp³-hybridized carbons (Fsp3) is 0.259. The lowest BCUT2D eigenvalue weighted by Crippen LogP contribution is -2.30. The maximum atomic E-state index is 4.88. The minimum atomic E-state index is 0.426. The van der Waals surface area contributed by atoms with Gasteiger partial charge in [0.05, 0.1) is 29.0 Å². The number of para-hydroxylation sites is 1. The molecular formula is C27H26N3+. The van der Waals surface area contributed by atoms with E-state index >= 15 is 0 Å². The minimum Gasteiger partial charge on any atom is -0.307 e. The number of rotatable bonds is 1. The fourth-order valence-corrected chi connectivity index (χ4v) is 5.54. The summed E-state index contributed by atoms with van der Waals surface area (Å²) in [6.07, 6.45) is 1.98. The van der Waals surface area contributed by atoms with Crippen LogP contribution in [0.4, 0.5) is 0 Å². The quantitative estimate of drug-likeness (QED) is 0.184. The van der Waals surface area contributed by atoms with Crippen molar-refractivity contribution in [3.63, 3.8) is 0 Å². The Morgan fingerprint density at radius 3 is 2.43 bits per heavy atom. The monoisotopic (exact) mass is 392 g/mol. The lowest BCUT2D eigenvalue weighted by atomic mass is 9.92. The van der Waals surface area contributed by atoms with Crippen LogP contribution in [0.25, 0.3) is 49.1 Å². The van der Waals surface area contributed by atoms with E-state index in [4.69, 9.17) is 4.98 Å². The largest absolute Gasteiger partial charge is 0.307 e. The summed E-state index contributed by atoms with van der Waals surface area (Å²) in [5.41, 5.74) is 11.7. The third kappa shape index (κ3) is 1.95. The highest BCUT2D eigenvalue weighted by Gasteiger charge is 2.27. The first-order valence-electron chi connectivity index (χ1n) is 10.8. The number of hydrogen-bond donors (Lipinski definition) is 0. The number of fused-ring (bicyclic) bond motifs is 6. The third-order valence-corrected chi connectivity index (χ3v) is 7.00. The summed E-state index contributed by atoms with van der Waals surface area (Å²) in [7, 11) is 2.13. The van der Waals surface area contributed by atoms with E-state index in [9.17, 15) is 0 Å². The van der Waals surface area contributed by atoms with Crippen molar-refractivity contribution in [2.75, 3.05) is 0 Å². The van der Waals surface area contributed by atoms with Gasteiger partial charge in [0.15, 0.2) is 5.52 Å². The molecular weight excluding hydrogens is 366 g/mol. The molecule has 0 aliphatic carbocycles. The van der Waals surface area contributed by atoms with Crippen molar-refractivity contribution in [1.29, 1.82) is 0 Å². The van der Waals surface area contributed by atoms with Gasteiger partial charge in [0, 0.05) is 16.2 Å². The van der Waals surface area contributed by atoms with Gasteiger partial charge in [-0.3, -0.25) is 0 Å². The molecule has 6 rings (SSSR count). The van der Waals surface area contributed by atoms with Gasteiger partial charge in [-0.15, -0.1) is 0 Å². The van der Waals surface area contributed by atoms with Gasteiger partial charge >= 0.3 is 0 Å². The van der Waals surface area contributed by atoms with Crippen LogP contribution >= 0.6 is 0 Å². The van der Waals surface area contributed by atoms with Crippen LogP contribution in [0.1, 0.15) is 42.0 Å². The van der Waals surface area contributed by atoms with Crippen LogP contribution in [-0.4, -0.2) is 9.38 Å². The smallest absolute Gasteiger partial charge is 0.287 e. The molecule has 6 aromatic rings. The molecule has 0 unspecified atom stereocenters. The Morgan fingerprint density at radius 1 is 0.900 bits per heavy atom. The second-order valence-corrected chi connectivity index (χ2v) is 9.15. The molecule has 0 N–H and O–H groups in total. The van der Waals surface area contributed by atoms with E-state index in [1.54, 1.807) is 0 Å². The Balaban J connectivity index is 2.16. The molecule has 3 heterocycles. The van der Waals surface area contributed by atoms with Crippen LogP contribution in [0.3, 0.4) is 0 Å². The van der Waals surface area contributed by atoms with E-state index in [2.05, 4.69) is 87.0 Å². The highest BCUT2D eigenvalue weighted by Crippen LogP contribution is 2.44. The number of nitrogens with zero attached hydrogens (tertiary/aromatic N) is 3. The van der Waals surface area contributed by atoms with Crippen LogP contribution in [0.5, 0.6) is 0 Å². The first kappa shape index (κ1) is 17.6. The predicted octanol–water partition coefficient (Wildman–Crippen LogP) is 6.26. The number of aromatic nitrogens is 3. The van der Waals surface area contributed by atoms with Crippen LogP contribution in [0.15, 0.2) is 42.7 Å². The van der Waals surface area contributed by atoms with Gasteiger partial charge < -0.3 is 4.40 Å². The van der Waals surface area contributed by atoms with Crippen LogP contribution in [-0.2, 0) is 7.05 Å². The molecule has 0 atom stereocenters. The molecule has 0 saturated carbocycles. The van der Waals surface area contributed by atoms with E-state index < -0.39 is 0 Å². The van der Waals surface area contributed by atoms with Gasteiger partial charge in [-0.1, -0.05) is 38.1 Å². The van der Waals surface area contributed by atoms with Crippen molar-refractivity contribution >= 4 is 49.1 Å². The molecule has 0 amide bonds. The summed E-state index contributed by atoms with van der Waals surface area (Å²) < 4.78 is 4.73. The van der Waals surface area contributed by atoms with Crippen molar-refractivity contribution in [2.24, 2.45) is 7.05 Å². The zero-order valence-corrected chi connectivity index (χ0v) is 18.5. The molecule has 0 radical (unpaired) electrons. The molecule has 0 spiro atoms. The summed E-state index contributed by atoms with van der Waals surface area (Å²) in [4.78, 5) is 4.88. The Hall–Kier alpha value is -3.20. The Bertz CT molecular complexity index is 1650. The normalized spacial score (nSPS) is 12.6. The molecule has 3 aromatic heterocycles. The molecule has 0 aliphatic heterocycles. The van der Waals surface area contributed by atoms with Gasteiger partial charge in [-0.25, -0.2) is 4.57 Å². The minimum absolute atomic E-state index is 0.426. The van der Waals surface area contributed by atoms with Gasteiger partial charge in [-0.2, -0.15) is 0 Å². The molecule has 3 heteroatoms. The van der Waals surface area contributed by atoms with Crippen molar-refractivity contribution < 1.29 is 4.57 Å². The summed E-state index contributed by atoms with van der Waals surface area (Å²) >= 11 is 0. The maximum absolute atomic E-state index is 4.88. The summed E-state index contributed by atoms with van der Waals surface area (Å²) in [6, 6.07) is 13.5. The van der Waals surface area contributed by atoms with Crippen LogP contribution < -0.4 is 4.57 Å². The molecule has 0 fully saturated rings. The predicted molar refractivity (Wildman–Crippen MR) is 126 cm³/mol. The number of aryl methyl sites for hydroxylation is 4. The standard InChI is InChI=1S/C27H26N3/c1-14(2)19-12-20-24-26(29(6)13-28-20)22-17(5)15(3)11-16(4)25(22)30-21-10-8-7-9-18(21)23(19)27(24)30/h7-14H,1-6H3/q+1. The first-order valence-corrected chi connectivity index (χ1v) is 10.8. The van der Waals surface area contributed by atoms with E-state index in [-0.39, 0.29) is 0 Å². The molecule has 3 nitrogen and oxygen atoms in total. The molecule has 148 valence electrons. The second-order valence-electron chi connectivity index (χ2n) is 9.15. The van der Waals surface area contributed by atoms with E-state index in [1.165, 1.54) is 65.9 Å². The van der Waals surface area contributed by atoms with E-state index in [0.717, 1.165) is 5.52 Å². The zero-order valence-electron chi connectivity index (χ0n) is 18.5. The molecule has 3 aromatic carbocycles. The fourth-order valence-electron chi connectivity index (χ4n) is 5.54. The average Bonchev–Trinajstić information content (AvgIpc) is 3.07.